The second kappa shape index (κ2) is 10.7. The summed E-state index contributed by atoms with van der Waals surface area (Å²) < 4.78 is 6.86. The lowest BCUT2D eigenvalue weighted by Crippen LogP contribution is -2.57. The second-order valence-corrected chi connectivity index (χ2v) is 10.7. The third kappa shape index (κ3) is 5.93. The van der Waals surface area contributed by atoms with Gasteiger partial charge in [0.2, 0.25) is 0 Å². The van der Waals surface area contributed by atoms with Crippen LogP contribution in [0.1, 0.15) is 50.0 Å². The highest BCUT2D eigenvalue weighted by atomic mass is 35.5. The zero-order chi connectivity index (χ0) is 28.6. The Bertz CT molecular complexity index is 1500. The zero-order valence-electron chi connectivity index (χ0n) is 21.9. The number of nitrogen functional groups attached to an aromatic ring is 2. The van der Waals surface area contributed by atoms with Crippen LogP contribution in [0, 0.1) is 0 Å². The fraction of sp³-hybridized carbons (Fsp3) is 0.417. The van der Waals surface area contributed by atoms with Crippen LogP contribution >= 0.6 is 23.2 Å². The minimum Gasteiger partial charge on any atom is -0.444 e. The highest BCUT2D eigenvalue weighted by Crippen LogP contribution is 2.23. The molecule has 1 fully saturated rings. The van der Waals surface area contributed by atoms with Gasteiger partial charge in [0.05, 0.1) is 35.1 Å². The molecule has 1 unspecified atom stereocenters. The van der Waals surface area contributed by atoms with Crippen LogP contribution in [0.2, 0.25) is 10.2 Å². The summed E-state index contributed by atoms with van der Waals surface area (Å²) in [4.78, 5) is 53.4. The van der Waals surface area contributed by atoms with E-state index in [-0.39, 0.29) is 38.7 Å². The topological polar surface area (TPSA) is 175 Å². The van der Waals surface area contributed by atoms with E-state index >= 15 is 0 Å². The van der Waals surface area contributed by atoms with E-state index in [0.29, 0.717) is 31.7 Å². The molecule has 3 aromatic rings. The van der Waals surface area contributed by atoms with Crippen molar-refractivity contribution in [1.82, 2.24) is 29.8 Å². The van der Waals surface area contributed by atoms with Crippen LogP contribution < -0.4 is 27.4 Å². The average Bonchev–Trinajstić information content (AvgIpc) is 2.85. The molecule has 0 bridgehead atoms. The normalized spacial score (nSPS) is 14.8. The number of nitrogens with zero attached hydrogens (tertiary/aromatic N) is 6. The third-order valence-corrected chi connectivity index (χ3v) is 6.49. The van der Waals surface area contributed by atoms with Gasteiger partial charge in [0.1, 0.15) is 5.60 Å². The second-order valence-electron chi connectivity index (χ2n) is 9.97. The number of halogens is 2. The van der Waals surface area contributed by atoms with Gasteiger partial charge < -0.3 is 31.4 Å². The Morgan fingerprint density at radius 2 is 1.72 bits per heavy atom. The molecule has 0 radical (unpaired) electrons. The summed E-state index contributed by atoms with van der Waals surface area (Å²) in [7, 11) is 0. The molecule has 1 saturated heterocycles. The summed E-state index contributed by atoms with van der Waals surface area (Å²) in [5.41, 5.74) is 10.5. The quantitative estimate of drug-likeness (QED) is 0.417. The van der Waals surface area contributed by atoms with Gasteiger partial charge in [0.15, 0.2) is 28.3 Å². The molecule has 1 atom stereocenters. The SMILES string of the molecule is CC(NC(=O)c1nc(Cl)c(N)nc1N)c1nc2cccc(Cl)c2c(=O)n1N1CCN(C(=O)OC(C)(C)C)CC1. The Kier molecular flexibility index (Phi) is 7.75. The van der Waals surface area contributed by atoms with Gasteiger partial charge in [-0.3, -0.25) is 9.59 Å². The van der Waals surface area contributed by atoms with Gasteiger partial charge in [-0.2, -0.15) is 0 Å². The van der Waals surface area contributed by atoms with Gasteiger partial charge in [-0.1, -0.05) is 29.3 Å². The maximum Gasteiger partial charge on any atom is 0.410 e. The summed E-state index contributed by atoms with van der Waals surface area (Å²) in [5, 5.41) is 4.82. The predicted octanol–water partition coefficient (Wildman–Crippen LogP) is 2.34. The molecular weight excluding hydrogens is 549 g/mol. The Morgan fingerprint density at radius 3 is 2.36 bits per heavy atom. The molecule has 1 aliphatic heterocycles. The molecule has 0 saturated carbocycles. The summed E-state index contributed by atoms with van der Waals surface area (Å²) in [6, 6.07) is 4.15. The first-order chi connectivity index (χ1) is 18.3. The van der Waals surface area contributed by atoms with Crippen LogP contribution in [0.3, 0.4) is 0 Å². The Balaban J connectivity index is 1.68. The van der Waals surface area contributed by atoms with Crippen LogP contribution in [-0.4, -0.2) is 68.3 Å². The lowest BCUT2D eigenvalue weighted by atomic mass is 10.2. The molecule has 1 aromatic carbocycles. The van der Waals surface area contributed by atoms with Crippen molar-refractivity contribution in [3.05, 3.63) is 50.2 Å². The lowest BCUT2D eigenvalue weighted by molar-refractivity contribution is 0.0231. The van der Waals surface area contributed by atoms with Crippen molar-refractivity contribution >= 4 is 57.7 Å². The van der Waals surface area contributed by atoms with Gasteiger partial charge in [-0.05, 0) is 39.8 Å². The Hall–Kier alpha value is -3.84. The largest absolute Gasteiger partial charge is 0.444 e. The molecule has 0 spiro atoms. The number of fused-ring (bicyclic) bond motifs is 1. The zero-order valence-corrected chi connectivity index (χ0v) is 23.4. The first-order valence-corrected chi connectivity index (χ1v) is 12.9. The first-order valence-electron chi connectivity index (χ1n) is 12.1. The maximum absolute atomic E-state index is 13.8. The summed E-state index contributed by atoms with van der Waals surface area (Å²) in [5.74, 6) is -0.750. The number of nitrogens with two attached hydrogens (primary N) is 2. The molecule has 39 heavy (non-hydrogen) atoms. The number of rotatable bonds is 4. The van der Waals surface area contributed by atoms with Crippen LogP contribution in [0.4, 0.5) is 16.4 Å². The molecule has 5 N–H and O–H groups in total. The monoisotopic (exact) mass is 577 g/mol. The van der Waals surface area contributed by atoms with E-state index in [2.05, 4.69) is 20.3 Å². The number of hydrogen-bond donors (Lipinski definition) is 3. The van der Waals surface area contributed by atoms with Crippen LogP contribution in [0.15, 0.2) is 23.0 Å². The van der Waals surface area contributed by atoms with E-state index in [4.69, 9.17) is 39.4 Å². The molecule has 208 valence electrons. The molecule has 0 aliphatic carbocycles. The van der Waals surface area contributed by atoms with Crippen molar-refractivity contribution in [2.24, 2.45) is 0 Å². The number of nitrogens with one attached hydrogen (secondary N) is 1. The molecule has 13 nitrogen and oxygen atoms in total. The van der Waals surface area contributed by atoms with Crippen molar-refractivity contribution in [1.29, 1.82) is 0 Å². The number of anilines is 2. The van der Waals surface area contributed by atoms with Crippen molar-refractivity contribution in [3.63, 3.8) is 0 Å². The van der Waals surface area contributed by atoms with Crippen LogP contribution in [0.25, 0.3) is 10.9 Å². The highest BCUT2D eigenvalue weighted by Gasteiger charge is 2.30. The van der Waals surface area contributed by atoms with E-state index in [1.54, 1.807) is 55.8 Å². The van der Waals surface area contributed by atoms with Crippen molar-refractivity contribution in [2.75, 3.05) is 42.7 Å². The Labute approximate surface area is 234 Å². The minimum absolute atomic E-state index is 0.105. The highest BCUT2D eigenvalue weighted by molar-refractivity contribution is 6.35. The van der Waals surface area contributed by atoms with Gasteiger partial charge >= 0.3 is 6.09 Å². The predicted molar refractivity (Wildman–Crippen MR) is 149 cm³/mol. The van der Waals surface area contributed by atoms with E-state index < -0.39 is 29.2 Å². The average molecular weight is 578 g/mol. The molecule has 3 heterocycles. The number of hydrogen-bond acceptors (Lipinski definition) is 10. The maximum atomic E-state index is 13.8. The van der Waals surface area contributed by atoms with E-state index in [1.165, 1.54) is 4.68 Å². The first kappa shape index (κ1) is 28.2. The van der Waals surface area contributed by atoms with Gasteiger partial charge in [0, 0.05) is 13.1 Å². The van der Waals surface area contributed by atoms with Crippen LogP contribution in [0.5, 0.6) is 0 Å². The molecule has 1 aliphatic rings. The van der Waals surface area contributed by atoms with Gasteiger partial charge in [0.25, 0.3) is 11.5 Å². The third-order valence-electron chi connectivity index (χ3n) is 5.90. The summed E-state index contributed by atoms with van der Waals surface area (Å²) in [6.07, 6.45) is -0.434. The van der Waals surface area contributed by atoms with E-state index in [1.807, 2.05) is 0 Å². The molecular formula is C24H29Cl2N9O4. The number of benzene rings is 1. The molecule has 2 amide bonds. The fourth-order valence-electron chi connectivity index (χ4n) is 4.10. The molecule has 4 rings (SSSR count). The number of carbonyl (C=O) groups excluding carboxylic acids is 2. The standard InChI is InChI=1S/C24H29Cl2N9O4/c1-12(29-21(36)16-18(27)32-19(28)17(26)31-16)20-30-14-7-5-6-13(25)15(14)22(37)35(20)34-10-8-33(9-11-34)23(38)39-24(2,3)4/h5-7,12H,8-11H2,1-4H3,(H,29,36)(H4,27,28,32). The van der Waals surface area contributed by atoms with Crippen molar-refractivity contribution in [3.8, 4) is 0 Å². The number of carbonyl (C=O) groups is 2. The van der Waals surface area contributed by atoms with E-state index in [0.717, 1.165) is 0 Å². The van der Waals surface area contributed by atoms with Gasteiger partial charge in [-0.25, -0.2) is 24.4 Å². The van der Waals surface area contributed by atoms with Gasteiger partial charge in [-0.15, -0.1) is 0 Å². The summed E-state index contributed by atoms with van der Waals surface area (Å²) >= 11 is 12.3. The summed E-state index contributed by atoms with van der Waals surface area (Å²) in [6.45, 7) is 8.26. The number of aromatic nitrogens is 4. The van der Waals surface area contributed by atoms with E-state index in [9.17, 15) is 14.4 Å². The van der Waals surface area contributed by atoms with Crippen molar-refractivity contribution in [2.45, 2.75) is 39.3 Å². The van der Waals surface area contributed by atoms with Crippen LogP contribution in [-0.2, 0) is 4.74 Å². The Morgan fingerprint density at radius 1 is 1.05 bits per heavy atom. The molecule has 15 heteroatoms. The lowest BCUT2D eigenvalue weighted by Gasteiger charge is -2.38. The fourth-order valence-corrected chi connectivity index (χ4v) is 4.47. The number of ether oxygens (including phenoxy) is 1. The van der Waals surface area contributed by atoms with Crippen molar-refractivity contribution < 1.29 is 14.3 Å². The number of amides is 2. The smallest absolute Gasteiger partial charge is 0.410 e. The minimum atomic E-state index is -0.796. The number of piperazine rings is 1. The molecule has 2 aromatic heterocycles.